The molecule has 33 heavy (non-hydrogen) atoms. The van der Waals surface area contributed by atoms with Crippen LogP contribution in [0.5, 0.6) is 11.5 Å². The molecule has 1 aliphatic heterocycles. The summed E-state index contributed by atoms with van der Waals surface area (Å²) in [7, 11) is 0.604. The van der Waals surface area contributed by atoms with Crippen molar-refractivity contribution in [2.45, 2.75) is 23.8 Å². The van der Waals surface area contributed by atoms with E-state index in [9.17, 15) is 13.2 Å². The zero-order valence-corrected chi connectivity index (χ0v) is 20.3. The average molecular weight is 491 g/mol. The monoisotopic (exact) mass is 490 g/mol. The summed E-state index contributed by atoms with van der Waals surface area (Å²) in [6, 6.07) is 11.6. The van der Waals surface area contributed by atoms with Crippen molar-refractivity contribution in [1.82, 2.24) is 5.32 Å². The number of anilines is 1. The maximum absolute atomic E-state index is 13.2. The van der Waals surface area contributed by atoms with Crippen LogP contribution in [0.25, 0.3) is 10.1 Å². The van der Waals surface area contributed by atoms with Crippen LogP contribution in [-0.2, 0) is 14.8 Å². The Morgan fingerprint density at radius 1 is 1.15 bits per heavy atom. The van der Waals surface area contributed by atoms with Gasteiger partial charge in [0.15, 0.2) is 11.5 Å². The van der Waals surface area contributed by atoms with Crippen LogP contribution in [0.4, 0.5) is 5.69 Å². The molecular formula is C23H26N2O6S2. The molecule has 176 valence electrons. The summed E-state index contributed by atoms with van der Waals surface area (Å²) in [4.78, 5) is 13.2. The van der Waals surface area contributed by atoms with Crippen LogP contribution in [0.1, 0.15) is 22.5 Å². The van der Waals surface area contributed by atoms with E-state index in [2.05, 4.69) is 5.32 Å². The zero-order valence-electron chi connectivity index (χ0n) is 18.7. The lowest BCUT2D eigenvalue weighted by atomic mass is 10.2. The highest BCUT2D eigenvalue weighted by atomic mass is 32.2. The molecule has 2 heterocycles. The summed E-state index contributed by atoms with van der Waals surface area (Å²) < 4.78 is 44.5. The van der Waals surface area contributed by atoms with E-state index in [4.69, 9.17) is 14.2 Å². The highest BCUT2D eigenvalue weighted by Gasteiger charge is 2.24. The predicted octanol–water partition coefficient (Wildman–Crippen LogP) is 3.65. The van der Waals surface area contributed by atoms with Gasteiger partial charge in [0, 0.05) is 31.0 Å². The fraction of sp³-hybridized carbons (Fsp3) is 0.348. The van der Waals surface area contributed by atoms with E-state index in [-0.39, 0.29) is 16.9 Å². The lowest BCUT2D eigenvalue weighted by molar-refractivity contribution is 0.0861. The first-order valence-electron chi connectivity index (χ1n) is 10.5. The van der Waals surface area contributed by atoms with Gasteiger partial charge in [-0.1, -0.05) is 0 Å². The highest BCUT2D eigenvalue weighted by molar-refractivity contribution is 7.92. The predicted molar refractivity (Wildman–Crippen MR) is 128 cm³/mol. The van der Waals surface area contributed by atoms with E-state index in [0.717, 1.165) is 29.5 Å². The Labute approximate surface area is 197 Å². The second kappa shape index (κ2) is 9.58. The molecule has 2 aromatic carbocycles. The van der Waals surface area contributed by atoms with Gasteiger partial charge in [0.25, 0.3) is 15.9 Å². The molecule has 0 spiro atoms. The molecule has 1 atom stereocenters. The van der Waals surface area contributed by atoms with Gasteiger partial charge in [0.2, 0.25) is 0 Å². The number of hydrogen-bond acceptors (Lipinski definition) is 7. The first-order valence-corrected chi connectivity index (χ1v) is 12.7. The van der Waals surface area contributed by atoms with Gasteiger partial charge in [0.1, 0.15) is 0 Å². The number of hydrogen-bond donors (Lipinski definition) is 1. The minimum absolute atomic E-state index is 0.0744. The molecule has 10 heteroatoms. The maximum Gasteiger partial charge on any atom is 0.264 e. The Bertz CT molecular complexity index is 1270. The quantitative estimate of drug-likeness (QED) is 0.518. The van der Waals surface area contributed by atoms with Crippen LogP contribution in [-0.4, -0.2) is 54.8 Å². The Morgan fingerprint density at radius 3 is 2.64 bits per heavy atom. The maximum atomic E-state index is 13.2. The van der Waals surface area contributed by atoms with Gasteiger partial charge in [-0.15, -0.1) is 11.3 Å². The van der Waals surface area contributed by atoms with Crippen molar-refractivity contribution in [3.63, 3.8) is 0 Å². The van der Waals surface area contributed by atoms with E-state index in [1.807, 2.05) is 6.07 Å². The number of sulfonamides is 1. The largest absolute Gasteiger partial charge is 0.493 e. The molecule has 1 fully saturated rings. The molecule has 1 aliphatic rings. The summed E-state index contributed by atoms with van der Waals surface area (Å²) in [5.41, 5.74) is 0.487. The van der Waals surface area contributed by atoms with Crippen molar-refractivity contribution < 1.29 is 27.4 Å². The number of fused-ring (bicyclic) bond motifs is 1. The van der Waals surface area contributed by atoms with Crippen molar-refractivity contribution in [3.8, 4) is 11.5 Å². The van der Waals surface area contributed by atoms with Crippen LogP contribution >= 0.6 is 11.3 Å². The summed E-state index contributed by atoms with van der Waals surface area (Å²) in [5, 5.41) is 3.72. The van der Waals surface area contributed by atoms with Crippen molar-refractivity contribution in [2.75, 3.05) is 38.7 Å². The van der Waals surface area contributed by atoms with E-state index >= 15 is 0 Å². The third kappa shape index (κ3) is 4.78. The lowest BCUT2D eigenvalue weighted by Crippen LogP contribution is -2.31. The molecule has 1 saturated heterocycles. The van der Waals surface area contributed by atoms with Gasteiger partial charge in [-0.3, -0.25) is 9.10 Å². The molecule has 1 amide bonds. The fourth-order valence-corrected chi connectivity index (χ4v) is 5.87. The number of thiophene rings is 1. The number of benzene rings is 2. The molecule has 0 saturated carbocycles. The van der Waals surface area contributed by atoms with E-state index in [1.165, 1.54) is 49.0 Å². The molecule has 4 rings (SSSR count). The smallest absolute Gasteiger partial charge is 0.264 e. The van der Waals surface area contributed by atoms with Crippen LogP contribution in [0, 0.1) is 0 Å². The zero-order chi connectivity index (χ0) is 23.6. The first-order chi connectivity index (χ1) is 15.8. The number of nitrogens with zero attached hydrogens (tertiary/aromatic N) is 1. The Kier molecular flexibility index (Phi) is 6.78. The third-order valence-electron chi connectivity index (χ3n) is 5.61. The van der Waals surface area contributed by atoms with Crippen molar-refractivity contribution in [2.24, 2.45) is 0 Å². The highest BCUT2D eigenvalue weighted by Crippen LogP contribution is 2.34. The van der Waals surface area contributed by atoms with Crippen molar-refractivity contribution >= 4 is 43.0 Å². The molecule has 8 nitrogen and oxygen atoms in total. The summed E-state index contributed by atoms with van der Waals surface area (Å²) in [6.45, 7) is 1.23. The Hall–Kier alpha value is -2.82. The fourth-order valence-electron chi connectivity index (χ4n) is 3.71. The Balaban J connectivity index is 1.55. The average Bonchev–Trinajstić information content (AvgIpc) is 3.50. The van der Waals surface area contributed by atoms with E-state index in [1.54, 1.807) is 24.3 Å². The van der Waals surface area contributed by atoms with Crippen molar-refractivity contribution in [3.05, 3.63) is 47.3 Å². The van der Waals surface area contributed by atoms with Crippen LogP contribution in [0.3, 0.4) is 0 Å². The SMILES string of the molecule is COc1ccc(S(=O)(=O)N(C)c2ccc3sc(C(=O)NC[C@@H]4CCCO4)cc3c2)cc1OC. The number of carbonyl (C=O) groups is 1. The number of ether oxygens (including phenoxy) is 3. The molecule has 3 aromatic rings. The van der Waals surface area contributed by atoms with Gasteiger partial charge < -0.3 is 19.5 Å². The number of rotatable bonds is 8. The number of methoxy groups -OCH3 is 2. The normalized spacial score (nSPS) is 16.0. The van der Waals surface area contributed by atoms with Gasteiger partial charge in [-0.25, -0.2) is 8.42 Å². The van der Waals surface area contributed by atoms with E-state index < -0.39 is 10.0 Å². The minimum Gasteiger partial charge on any atom is -0.493 e. The summed E-state index contributed by atoms with van der Waals surface area (Å²) in [6.07, 6.45) is 2.05. The molecule has 0 unspecified atom stereocenters. The minimum atomic E-state index is -3.84. The molecule has 0 aliphatic carbocycles. The molecular weight excluding hydrogens is 464 g/mol. The van der Waals surface area contributed by atoms with Gasteiger partial charge in [-0.2, -0.15) is 0 Å². The van der Waals surface area contributed by atoms with Gasteiger partial charge in [0.05, 0.1) is 35.8 Å². The number of carbonyl (C=O) groups excluding carboxylic acids is 1. The van der Waals surface area contributed by atoms with Gasteiger partial charge in [-0.05, 0) is 54.6 Å². The summed E-state index contributed by atoms with van der Waals surface area (Å²) >= 11 is 1.37. The van der Waals surface area contributed by atoms with Crippen LogP contribution < -0.4 is 19.1 Å². The third-order valence-corrected chi connectivity index (χ3v) is 8.51. The summed E-state index contributed by atoms with van der Waals surface area (Å²) in [5.74, 6) is 0.627. The lowest BCUT2D eigenvalue weighted by Gasteiger charge is -2.20. The standard InChI is InChI=1S/C23H26N2O6S2/c1-25(33(27,28)18-7-8-19(29-2)20(13-18)30-3)16-6-9-21-15(11-16)12-22(32-21)23(26)24-14-17-5-4-10-31-17/h6-9,11-13,17H,4-5,10,14H2,1-3H3,(H,24,26)/t17-/m0/s1. The number of amides is 1. The first kappa shape index (κ1) is 23.3. The second-order valence-electron chi connectivity index (χ2n) is 7.67. The van der Waals surface area contributed by atoms with E-state index in [0.29, 0.717) is 28.6 Å². The second-order valence-corrected chi connectivity index (χ2v) is 10.7. The topological polar surface area (TPSA) is 94.2 Å². The molecule has 1 aromatic heterocycles. The Morgan fingerprint density at radius 2 is 1.94 bits per heavy atom. The molecule has 1 N–H and O–H groups in total. The molecule has 0 bridgehead atoms. The van der Waals surface area contributed by atoms with Gasteiger partial charge >= 0.3 is 0 Å². The number of nitrogens with one attached hydrogen (secondary N) is 1. The van der Waals surface area contributed by atoms with Crippen LogP contribution in [0.2, 0.25) is 0 Å². The van der Waals surface area contributed by atoms with Crippen LogP contribution in [0.15, 0.2) is 47.4 Å². The van der Waals surface area contributed by atoms with Crippen molar-refractivity contribution in [1.29, 1.82) is 0 Å². The molecule has 0 radical (unpaired) electrons.